The lowest BCUT2D eigenvalue weighted by Crippen LogP contribution is -2.53. The predicted octanol–water partition coefficient (Wildman–Crippen LogP) is 3.42. The molecule has 1 spiro atoms. The van der Waals surface area contributed by atoms with E-state index in [1.54, 1.807) is 20.0 Å². The summed E-state index contributed by atoms with van der Waals surface area (Å²) in [5.74, 6) is 1.13. The van der Waals surface area contributed by atoms with Gasteiger partial charge >= 0.3 is 0 Å². The number of rotatable bonds is 6. The number of nitrogens with zero attached hydrogens (tertiary/aromatic N) is 2. The second-order valence-electron chi connectivity index (χ2n) is 9.75. The molecule has 3 aliphatic rings. The lowest BCUT2D eigenvalue weighted by molar-refractivity contribution is -0.000600. The summed E-state index contributed by atoms with van der Waals surface area (Å²) in [6.45, 7) is 3.68. The molecule has 0 radical (unpaired) electrons. The summed E-state index contributed by atoms with van der Waals surface area (Å²) in [6, 6.07) is 4.13. The normalized spacial score (nSPS) is 21.4. The van der Waals surface area contributed by atoms with E-state index in [4.69, 9.17) is 4.74 Å². The predicted molar refractivity (Wildman–Crippen MR) is 106 cm³/mol. The van der Waals surface area contributed by atoms with Gasteiger partial charge in [-0.2, -0.15) is 5.10 Å². The van der Waals surface area contributed by atoms with Crippen molar-refractivity contribution in [2.75, 3.05) is 6.61 Å². The number of pyridine rings is 1. The molecule has 5 rings (SSSR count). The summed E-state index contributed by atoms with van der Waals surface area (Å²) in [6.07, 6.45) is 10.1. The Morgan fingerprint density at radius 1 is 1.36 bits per heavy atom. The fourth-order valence-corrected chi connectivity index (χ4v) is 4.77. The topological polar surface area (TPSA) is 75.9 Å². The molecule has 0 saturated heterocycles. The van der Waals surface area contributed by atoms with Crippen molar-refractivity contribution in [1.29, 1.82) is 0 Å². The third kappa shape index (κ3) is 3.17. The Hall–Kier alpha value is -2.08. The molecule has 2 heterocycles. The van der Waals surface area contributed by atoms with Crippen LogP contribution in [0.5, 0.6) is 5.75 Å². The lowest BCUT2D eigenvalue weighted by Gasteiger charge is -2.54. The van der Waals surface area contributed by atoms with E-state index >= 15 is 0 Å². The molecule has 6 heteroatoms. The third-order valence-corrected chi connectivity index (χ3v) is 6.58. The SMILES string of the molecule is CC(C)(O)COc1ccc2c(C(=O)NC3CC4(CCC4)C3)cnn2c1C1CC1. The lowest BCUT2D eigenvalue weighted by atomic mass is 9.54. The number of carbonyl (C=O) groups is 1. The van der Waals surface area contributed by atoms with E-state index in [9.17, 15) is 9.90 Å². The van der Waals surface area contributed by atoms with Crippen molar-refractivity contribution < 1.29 is 14.6 Å². The van der Waals surface area contributed by atoms with Gasteiger partial charge in [0, 0.05) is 12.0 Å². The van der Waals surface area contributed by atoms with Crippen LogP contribution in [0.25, 0.3) is 5.52 Å². The van der Waals surface area contributed by atoms with Crippen molar-refractivity contribution in [2.24, 2.45) is 5.41 Å². The summed E-state index contributed by atoms with van der Waals surface area (Å²) in [5, 5.41) is 17.7. The summed E-state index contributed by atoms with van der Waals surface area (Å²) in [4.78, 5) is 12.9. The van der Waals surface area contributed by atoms with Gasteiger partial charge < -0.3 is 15.2 Å². The number of fused-ring (bicyclic) bond motifs is 1. The van der Waals surface area contributed by atoms with Crippen molar-refractivity contribution in [3.8, 4) is 5.75 Å². The smallest absolute Gasteiger partial charge is 0.255 e. The standard InChI is InChI=1S/C22H29N3O3/c1-21(2,27)13-28-18-7-6-17-16(12-23-25(17)19(18)14-4-5-14)20(26)24-15-10-22(11-15)8-3-9-22/h6-7,12,14-15,27H,3-5,8-11,13H2,1-2H3,(H,24,26). The van der Waals surface area contributed by atoms with Gasteiger partial charge in [0.05, 0.1) is 28.6 Å². The van der Waals surface area contributed by atoms with Crippen LogP contribution in [0.1, 0.15) is 80.8 Å². The molecular formula is C22H29N3O3. The molecule has 0 unspecified atom stereocenters. The molecule has 1 amide bonds. The van der Waals surface area contributed by atoms with Gasteiger partial charge in [0.25, 0.3) is 5.91 Å². The molecule has 2 N–H and O–H groups in total. The number of ether oxygens (including phenoxy) is 1. The van der Waals surface area contributed by atoms with Crippen molar-refractivity contribution in [3.05, 3.63) is 29.6 Å². The van der Waals surface area contributed by atoms with Crippen LogP contribution < -0.4 is 10.1 Å². The number of hydrogen-bond donors (Lipinski definition) is 2. The molecule has 28 heavy (non-hydrogen) atoms. The highest BCUT2D eigenvalue weighted by atomic mass is 16.5. The molecule has 0 aliphatic heterocycles. The first-order valence-electron chi connectivity index (χ1n) is 10.5. The zero-order chi connectivity index (χ0) is 19.5. The van der Waals surface area contributed by atoms with Crippen LogP contribution in [-0.2, 0) is 0 Å². The number of hydrogen-bond acceptors (Lipinski definition) is 4. The van der Waals surface area contributed by atoms with E-state index in [2.05, 4.69) is 10.4 Å². The van der Waals surface area contributed by atoms with Crippen LogP contribution in [0.3, 0.4) is 0 Å². The highest BCUT2D eigenvalue weighted by molar-refractivity contribution is 6.01. The molecule has 0 bridgehead atoms. The molecule has 0 atom stereocenters. The molecular weight excluding hydrogens is 354 g/mol. The zero-order valence-electron chi connectivity index (χ0n) is 16.7. The fourth-order valence-electron chi connectivity index (χ4n) is 4.77. The molecule has 3 fully saturated rings. The van der Waals surface area contributed by atoms with Gasteiger partial charge in [0.15, 0.2) is 0 Å². The van der Waals surface area contributed by atoms with E-state index in [0.717, 1.165) is 42.6 Å². The summed E-state index contributed by atoms with van der Waals surface area (Å²) in [7, 11) is 0. The van der Waals surface area contributed by atoms with E-state index in [1.807, 2.05) is 16.6 Å². The van der Waals surface area contributed by atoms with Gasteiger partial charge in [-0.1, -0.05) is 6.42 Å². The van der Waals surface area contributed by atoms with E-state index < -0.39 is 5.60 Å². The first-order valence-corrected chi connectivity index (χ1v) is 10.5. The van der Waals surface area contributed by atoms with E-state index in [1.165, 1.54) is 19.3 Å². The Kier molecular flexibility index (Phi) is 3.99. The van der Waals surface area contributed by atoms with E-state index in [-0.39, 0.29) is 12.5 Å². The minimum Gasteiger partial charge on any atom is -0.489 e. The minimum absolute atomic E-state index is 0.0268. The van der Waals surface area contributed by atoms with Gasteiger partial charge in [-0.3, -0.25) is 4.79 Å². The highest BCUT2D eigenvalue weighted by Gasteiger charge is 2.48. The largest absolute Gasteiger partial charge is 0.489 e. The molecule has 6 nitrogen and oxygen atoms in total. The van der Waals surface area contributed by atoms with Crippen molar-refractivity contribution >= 4 is 11.4 Å². The first-order chi connectivity index (χ1) is 13.3. The molecule has 3 saturated carbocycles. The number of aliphatic hydroxyl groups is 1. The maximum absolute atomic E-state index is 12.9. The number of carbonyl (C=O) groups excluding carboxylic acids is 1. The summed E-state index contributed by atoms with van der Waals surface area (Å²) < 4.78 is 7.76. The van der Waals surface area contributed by atoms with Gasteiger partial charge in [0.1, 0.15) is 12.4 Å². The number of aromatic nitrogens is 2. The molecule has 2 aromatic heterocycles. The molecule has 3 aliphatic carbocycles. The second-order valence-corrected chi connectivity index (χ2v) is 9.75. The molecule has 150 valence electrons. The molecule has 0 aromatic carbocycles. The van der Waals surface area contributed by atoms with Crippen LogP contribution in [0.2, 0.25) is 0 Å². The van der Waals surface area contributed by atoms with Gasteiger partial charge in [-0.05, 0) is 69.9 Å². The van der Waals surface area contributed by atoms with Crippen molar-refractivity contribution in [1.82, 2.24) is 14.9 Å². The second kappa shape index (κ2) is 6.21. The summed E-state index contributed by atoms with van der Waals surface area (Å²) in [5.41, 5.74) is 2.12. The fraction of sp³-hybridized carbons (Fsp3) is 0.636. The average molecular weight is 383 g/mol. The monoisotopic (exact) mass is 383 g/mol. The molecule has 2 aromatic rings. The Balaban J connectivity index is 1.37. The highest BCUT2D eigenvalue weighted by Crippen LogP contribution is 2.55. The Labute approximate surface area is 165 Å². The van der Waals surface area contributed by atoms with Crippen LogP contribution in [0, 0.1) is 5.41 Å². The van der Waals surface area contributed by atoms with Gasteiger partial charge in [-0.25, -0.2) is 4.52 Å². The minimum atomic E-state index is -0.897. The maximum Gasteiger partial charge on any atom is 0.255 e. The van der Waals surface area contributed by atoms with Crippen molar-refractivity contribution in [3.63, 3.8) is 0 Å². The van der Waals surface area contributed by atoms with Crippen molar-refractivity contribution in [2.45, 2.75) is 76.4 Å². The number of amides is 1. The third-order valence-electron chi connectivity index (χ3n) is 6.58. The van der Waals surface area contributed by atoms with Crippen LogP contribution in [0.15, 0.2) is 18.3 Å². The Morgan fingerprint density at radius 3 is 2.71 bits per heavy atom. The zero-order valence-corrected chi connectivity index (χ0v) is 16.7. The van der Waals surface area contributed by atoms with Crippen LogP contribution >= 0.6 is 0 Å². The van der Waals surface area contributed by atoms with Gasteiger partial charge in [-0.15, -0.1) is 0 Å². The number of nitrogens with one attached hydrogen (secondary N) is 1. The Bertz CT molecular complexity index is 911. The Morgan fingerprint density at radius 2 is 2.11 bits per heavy atom. The van der Waals surface area contributed by atoms with Crippen LogP contribution in [0.4, 0.5) is 0 Å². The van der Waals surface area contributed by atoms with Gasteiger partial charge in [0.2, 0.25) is 0 Å². The maximum atomic E-state index is 12.9. The summed E-state index contributed by atoms with van der Waals surface area (Å²) >= 11 is 0. The van der Waals surface area contributed by atoms with Crippen LogP contribution in [-0.4, -0.2) is 38.9 Å². The quantitative estimate of drug-likeness (QED) is 0.801. The first kappa shape index (κ1) is 18.0. The average Bonchev–Trinajstić information content (AvgIpc) is 3.30. The van der Waals surface area contributed by atoms with E-state index in [0.29, 0.717) is 22.9 Å².